The molecule has 0 amide bonds. The van der Waals surface area contributed by atoms with Crippen molar-refractivity contribution in [2.45, 2.75) is 51.2 Å². The van der Waals surface area contributed by atoms with Gasteiger partial charge in [-0.05, 0) is 19.4 Å². The average molecular weight is 201 g/mol. The second kappa shape index (κ2) is 7.21. The molecule has 2 atom stereocenters. The number of hydrogen-bond acceptors (Lipinski definition) is 3. The Kier molecular flexibility index (Phi) is 6.15. The molecule has 1 rings (SSSR count). The van der Waals surface area contributed by atoms with Gasteiger partial charge >= 0.3 is 0 Å². The minimum absolute atomic E-state index is 0.0798. The van der Waals surface area contributed by atoms with Crippen LogP contribution in [0.4, 0.5) is 0 Å². The van der Waals surface area contributed by atoms with Crippen LogP contribution < -0.4 is 5.32 Å². The standard InChI is InChI=1S/C11H23NO2/c1-2-12-8-9-14-11-7-5-3-4-6-10(11)13/h10-13H,2-9H2,1H3. The summed E-state index contributed by atoms with van der Waals surface area (Å²) in [6.07, 6.45) is 5.36. The number of aliphatic hydroxyl groups is 1. The molecule has 2 N–H and O–H groups in total. The lowest BCUT2D eigenvalue weighted by Crippen LogP contribution is -2.30. The Morgan fingerprint density at radius 2 is 2.07 bits per heavy atom. The van der Waals surface area contributed by atoms with Crippen LogP contribution in [0, 0.1) is 0 Å². The molecule has 14 heavy (non-hydrogen) atoms. The van der Waals surface area contributed by atoms with E-state index in [2.05, 4.69) is 12.2 Å². The van der Waals surface area contributed by atoms with Gasteiger partial charge in [-0.3, -0.25) is 0 Å². The molecule has 1 aliphatic carbocycles. The fourth-order valence-electron chi connectivity index (χ4n) is 1.91. The molecular formula is C11H23NO2. The molecule has 0 spiro atoms. The number of hydrogen-bond donors (Lipinski definition) is 2. The van der Waals surface area contributed by atoms with Crippen molar-refractivity contribution in [1.82, 2.24) is 5.32 Å². The Labute approximate surface area is 86.8 Å². The number of likely N-dealkylation sites (N-methyl/N-ethyl adjacent to an activating group) is 1. The molecule has 3 heteroatoms. The Morgan fingerprint density at radius 3 is 2.86 bits per heavy atom. The summed E-state index contributed by atoms with van der Waals surface area (Å²) >= 11 is 0. The van der Waals surface area contributed by atoms with E-state index >= 15 is 0 Å². The van der Waals surface area contributed by atoms with E-state index in [1.54, 1.807) is 0 Å². The van der Waals surface area contributed by atoms with Crippen molar-refractivity contribution in [2.24, 2.45) is 0 Å². The second-order valence-electron chi connectivity index (χ2n) is 3.97. The molecule has 0 aromatic carbocycles. The van der Waals surface area contributed by atoms with Gasteiger partial charge in [0.2, 0.25) is 0 Å². The van der Waals surface area contributed by atoms with Crippen LogP contribution in [0.15, 0.2) is 0 Å². The van der Waals surface area contributed by atoms with E-state index in [1.165, 1.54) is 12.8 Å². The van der Waals surface area contributed by atoms with E-state index < -0.39 is 0 Å². The molecule has 0 aromatic heterocycles. The zero-order valence-corrected chi connectivity index (χ0v) is 9.17. The van der Waals surface area contributed by atoms with Gasteiger partial charge in [0, 0.05) is 6.54 Å². The molecule has 0 saturated heterocycles. The minimum Gasteiger partial charge on any atom is -0.390 e. The highest BCUT2D eigenvalue weighted by atomic mass is 16.5. The highest BCUT2D eigenvalue weighted by molar-refractivity contribution is 4.73. The molecule has 0 aliphatic heterocycles. The molecule has 2 unspecified atom stereocenters. The van der Waals surface area contributed by atoms with E-state index in [9.17, 15) is 5.11 Å². The van der Waals surface area contributed by atoms with Crippen molar-refractivity contribution in [3.05, 3.63) is 0 Å². The van der Waals surface area contributed by atoms with Crippen molar-refractivity contribution in [2.75, 3.05) is 19.7 Å². The lowest BCUT2D eigenvalue weighted by Gasteiger charge is -2.20. The van der Waals surface area contributed by atoms with Crippen molar-refractivity contribution in [3.63, 3.8) is 0 Å². The number of ether oxygens (including phenoxy) is 1. The van der Waals surface area contributed by atoms with E-state index in [1.807, 2.05) is 0 Å². The molecular weight excluding hydrogens is 178 g/mol. The Morgan fingerprint density at radius 1 is 1.29 bits per heavy atom. The Hall–Kier alpha value is -0.120. The van der Waals surface area contributed by atoms with Crippen LogP contribution in [0.2, 0.25) is 0 Å². The summed E-state index contributed by atoms with van der Waals surface area (Å²) in [6, 6.07) is 0. The van der Waals surface area contributed by atoms with Crippen LogP contribution in [0.5, 0.6) is 0 Å². The van der Waals surface area contributed by atoms with Crippen molar-refractivity contribution in [3.8, 4) is 0 Å². The summed E-state index contributed by atoms with van der Waals surface area (Å²) in [6.45, 7) is 4.67. The SMILES string of the molecule is CCNCCOC1CCCCCC1O. The summed E-state index contributed by atoms with van der Waals surface area (Å²) in [4.78, 5) is 0. The first-order chi connectivity index (χ1) is 6.84. The Balaban J connectivity index is 2.13. The first-order valence-electron chi connectivity index (χ1n) is 5.85. The third-order valence-electron chi connectivity index (χ3n) is 2.78. The van der Waals surface area contributed by atoms with Gasteiger partial charge in [0.25, 0.3) is 0 Å². The van der Waals surface area contributed by atoms with Crippen LogP contribution in [0.3, 0.4) is 0 Å². The molecule has 3 nitrogen and oxygen atoms in total. The lowest BCUT2D eigenvalue weighted by molar-refractivity contribution is -0.0386. The monoisotopic (exact) mass is 201 g/mol. The third kappa shape index (κ3) is 4.40. The van der Waals surface area contributed by atoms with E-state index in [0.717, 1.165) is 39.0 Å². The van der Waals surface area contributed by atoms with Crippen LogP contribution in [-0.2, 0) is 4.74 Å². The van der Waals surface area contributed by atoms with E-state index in [4.69, 9.17) is 4.74 Å². The van der Waals surface area contributed by atoms with Gasteiger partial charge < -0.3 is 15.2 Å². The van der Waals surface area contributed by atoms with Crippen LogP contribution in [-0.4, -0.2) is 37.0 Å². The van der Waals surface area contributed by atoms with Gasteiger partial charge in [-0.2, -0.15) is 0 Å². The average Bonchev–Trinajstić information content (AvgIpc) is 2.39. The maximum absolute atomic E-state index is 9.76. The predicted molar refractivity (Wildman–Crippen MR) is 57.4 cm³/mol. The maximum Gasteiger partial charge on any atom is 0.0834 e. The van der Waals surface area contributed by atoms with Gasteiger partial charge in [0.15, 0.2) is 0 Å². The zero-order chi connectivity index (χ0) is 10.2. The summed E-state index contributed by atoms with van der Waals surface area (Å²) in [5, 5.41) is 13.0. The van der Waals surface area contributed by atoms with Gasteiger partial charge in [0.1, 0.15) is 0 Å². The van der Waals surface area contributed by atoms with Crippen molar-refractivity contribution < 1.29 is 9.84 Å². The zero-order valence-electron chi connectivity index (χ0n) is 9.17. The van der Waals surface area contributed by atoms with E-state index in [0.29, 0.717) is 0 Å². The van der Waals surface area contributed by atoms with Crippen LogP contribution in [0.1, 0.15) is 39.0 Å². The molecule has 1 saturated carbocycles. The van der Waals surface area contributed by atoms with Gasteiger partial charge in [-0.1, -0.05) is 26.2 Å². The summed E-state index contributed by atoms with van der Waals surface area (Å²) in [5.74, 6) is 0. The topological polar surface area (TPSA) is 41.5 Å². The molecule has 0 bridgehead atoms. The summed E-state index contributed by atoms with van der Waals surface area (Å²) < 4.78 is 5.66. The molecule has 1 fully saturated rings. The fraction of sp³-hybridized carbons (Fsp3) is 1.00. The molecule has 84 valence electrons. The summed E-state index contributed by atoms with van der Waals surface area (Å²) in [5.41, 5.74) is 0. The van der Waals surface area contributed by atoms with Crippen molar-refractivity contribution >= 4 is 0 Å². The lowest BCUT2D eigenvalue weighted by atomic mass is 10.1. The van der Waals surface area contributed by atoms with Gasteiger partial charge in [-0.25, -0.2) is 0 Å². The normalized spacial score (nSPS) is 28.7. The molecule has 1 aliphatic rings. The smallest absolute Gasteiger partial charge is 0.0834 e. The van der Waals surface area contributed by atoms with Crippen LogP contribution in [0.25, 0.3) is 0 Å². The molecule has 0 heterocycles. The second-order valence-corrected chi connectivity index (χ2v) is 3.97. The molecule has 0 radical (unpaired) electrons. The highest BCUT2D eigenvalue weighted by Crippen LogP contribution is 2.20. The number of nitrogens with one attached hydrogen (secondary N) is 1. The Bertz CT molecular complexity index is 141. The number of rotatable bonds is 5. The van der Waals surface area contributed by atoms with Crippen molar-refractivity contribution in [1.29, 1.82) is 0 Å². The van der Waals surface area contributed by atoms with Gasteiger partial charge in [0.05, 0.1) is 18.8 Å². The first kappa shape index (κ1) is 12.0. The predicted octanol–water partition coefficient (Wildman–Crippen LogP) is 1.31. The van der Waals surface area contributed by atoms with Crippen LogP contribution >= 0.6 is 0 Å². The quantitative estimate of drug-likeness (QED) is 0.520. The fourth-order valence-corrected chi connectivity index (χ4v) is 1.91. The largest absolute Gasteiger partial charge is 0.390 e. The molecule has 0 aromatic rings. The number of aliphatic hydroxyl groups excluding tert-OH is 1. The third-order valence-corrected chi connectivity index (χ3v) is 2.78. The van der Waals surface area contributed by atoms with Gasteiger partial charge in [-0.15, -0.1) is 0 Å². The minimum atomic E-state index is -0.237. The summed E-state index contributed by atoms with van der Waals surface area (Å²) in [7, 11) is 0. The van der Waals surface area contributed by atoms with E-state index in [-0.39, 0.29) is 12.2 Å². The highest BCUT2D eigenvalue weighted by Gasteiger charge is 2.21. The maximum atomic E-state index is 9.76. The first-order valence-corrected chi connectivity index (χ1v) is 5.85.